The van der Waals surface area contributed by atoms with Gasteiger partial charge in [0.05, 0.1) is 5.75 Å². The topological polar surface area (TPSA) is 58.1 Å². The molecule has 5 nitrogen and oxygen atoms in total. The summed E-state index contributed by atoms with van der Waals surface area (Å²) in [6, 6.07) is 8.95. The van der Waals surface area contributed by atoms with Crippen molar-refractivity contribution in [2.75, 3.05) is 17.6 Å². The molecular weight excluding hydrogens is 352 g/mol. The number of nitrogens with zero attached hydrogens (tertiary/aromatic N) is 3. The Balaban J connectivity index is 1.52. The van der Waals surface area contributed by atoms with Gasteiger partial charge in [-0.15, -0.1) is 10.2 Å². The predicted octanol–water partition coefficient (Wildman–Crippen LogP) is 3.95. The standard InChI is InChI=1S/C18H24N4OS2/c1-3-10-22(11-14-6-4-13(2)5-7-14)16(23)12-24-18-21-20-17(25-18)19-15-8-9-15/h4-7,15H,3,8-12H2,1-2H3,(H,19,20). The molecule has 0 atom stereocenters. The predicted molar refractivity (Wildman–Crippen MR) is 104 cm³/mol. The molecule has 7 heteroatoms. The summed E-state index contributed by atoms with van der Waals surface area (Å²) in [6.45, 7) is 5.61. The molecule has 1 aliphatic carbocycles. The molecule has 134 valence electrons. The molecule has 0 aliphatic heterocycles. The Kier molecular flexibility index (Phi) is 6.31. The summed E-state index contributed by atoms with van der Waals surface area (Å²) in [5.41, 5.74) is 2.41. The molecule has 0 bridgehead atoms. The van der Waals surface area contributed by atoms with Gasteiger partial charge in [-0.25, -0.2) is 0 Å². The van der Waals surface area contributed by atoms with E-state index in [0.29, 0.717) is 18.3 Å². The summed E-state index contributed by atoms with van der Waals surface area (Å²) in [6.07, 6.45) is 3.38. The van der Waals surface area contributed by atoms with E-state index in [-0.39, 0.29) is 5.91 Å². The van der Waals surface area contributed by atoms with Gasteiger partial charge in [0.25, 0.3) is 0 Å². The third kappa shape index (κ3) is 5.71. The zero-order valence-electron chi connectivity index (χ0n) is 14.7. The van der Waals surface area contributed by atoms with Crippen LogP contribution in [0.15, 0.2) is 28.6 Å². The largest absolute Gasteiger partial charge is 0.357 e. The Morgan fingerprint density at radius 1 is 1.32 bits per heavy atom. The van der Waals surface area contributed by atoms with Gasteiger partial charge in [0.1, 0.15) is 0 Å². The Labute approximate surface area is 157 Å². The molecule has 1 N–H and O–H groups in total. The Morgan fingerprint density at radius 3 is 2.76 bits per heavy atom. The van der Waals surface area contributed by atoms with Gasteiger partial charge in [0.2, 0.25) is 11.0 Å². The fourth-order valence-corrected chi connectivity index (χ4v) is 4.15. The maximum absolute atomic E-state index is 12.6. The molecule has 1 saturated carbocycles. The number of thioether (sulfide) groups is 1. The number of benzene rings is 1. The number of hydrogen-bond acceptors (Lipinski definition) is 6. The van der Waals surface area contributed by atoms with Crippen molar-refractivity contribution in [3.63, 3.8) is 0 Å². The summed E-state index contributed by atoms with van der Waals surface area (Å²) in [5, 5.41) is 12.5. The number of nitrogens with one attached hydrogen (secondary N) is 1. The van der Waals surface area contributed by atoms with Crippen LogP contribution in [0.3, 0.4) is 0 Å². The lowest BCUT2D eigenvalue weighted by molar-refractivity contribution is -0.129. The number of aromatic nitrogens is 2. The molecule has 1 heterocycles. The first-order valence-electron chi connectivity index (χ1n) is 8.70. The first kappa shape index (κ1) is 18.2. The summed E-state index contributed by atoms with van der Waals surface area (Å²) in [5.74, 6) is 0.559. The highest BCUT2D eigenvalue weighted by atomic mass is 32.2. The van der Waals surface area contributed by atoms with Gasteiger partial charge in [-0.2, -0.15) is 0 Å². The quantitative estimate of drug-likeness (QED) is 0.672. The highest BCUT2D eigenvalue weighted by Gasteiger charge is 2.22. The number of carbonyl (C=O) groups excluding carboxylic acids is 1. The molecule has 0 unspecified atom stereocenters. The Bertz CT molecular complexity index is 697. The zero-order valence-corrected chi connectivity index (χ0v) is 16.3. The molecule has 0 saturated heterocycles. The highest BCUT2D eigenvalue weighted by molar-refractivity contribution is 8.01. The summed E-state index contributed by atoms with van der Waals surface area (Å²) in [4.78, 5) is 14.6. The fraction of sp³-hybridized carbons (Fsp3) is 0.500. The van der Waals surface area contributed by atoms with Crippen LogP contribution >= 0.6 is 23.1 Å². The third-order valence-electron chi connectivity index (χ3n) is 3.97. The molecule has 0 spiro atoms. The maximum Gasteiger partial charge on any atom is 0.233 e. The van der Waals surface area contributed by atoms with Gasteiger partial charge in [-0.3, -0.25) is 4.79 Å². The van der Waals surface area contributed by atoms with Crippen molar-refractivity contribution in [2.45, 2.75) is 50.0 Å². The van der Waals surface area contributed by atoms with Crippen LogP contribution in [0.5, 0.6) is 0 Å². The van der Waals surface area contributed by atoms with Crippen LogP contribution in [0.4, 0.5) is 5.13 Å². The van der Waals surface area contributed by atoms with Crippen LogP contribution in [0, 0.1) is 6.92 Å². The molecule has 1 amide bonds. The molecule has 3 rings (SSSR count). The van der Waals surface area contributed by atoms with Gasteiger partial charge in [0, 0.05) is 19.1 Å². The second-order valence-corrected chi connectivity index (χ2v) is 8.58. The van der Waals surface area contributed by atoms with Crippen molar-refractivity contribution in [3.8, 4) is 0 Å². The number of anilines is 1. The molecule has 0 radical (unpaired) electrons. The van der Waals surface area contributed by atoms with Crippen molar-refractivity contribution in [3.05, 3.63) is 35.4 Å². The molecular formula is C18H24N4OS2. The van der Waals surface area contributed by atoms with Crippen molar-refractivity contribution in [1.82, 2.24) is 15.1 Å². The molecule has 1 aromatic carbocycles. The monoisotopic (exact) mass is 376 g/mol. The summed E-state index contributed by atoms with van der Waals surface area (Å²) >= 11 is 3.01. The zero-order chi connectivity index (χ0) is 17.6. The highest BCUT2D eigenvalue weighted by Crippen LogP contribution is 2.30. The average molecular weight is 377 g/mol. The Hall–Kier alpha value is -1.60. The van der Waals surface area contributed by atoms with Crippen LogP contribution in [-0.2, 0) is 11.3 Å². The Morgan fingerprint density at radius 2 is 2.08 bits per heavy atom. The number of aryl methyl sites for hydroxylation is 1. The number of carbonyl (C=O) groups is 1. The van der Waals surface area contributed by atoms with Crippen molar-refractivity contribution < 1.29 is 4.79 Å². The number of amides is 1. The van der Waals surface area contributed by atoms with Crippen LogP contribution in [0.1, 0.15) is 37.3 Å². The minimum atomic E-state index is 0.152. The molecule has 25 heavy (non-hydrogen) atoms. The average Bonchev–Trinajstić information content (AvgIpc) is 3.30. The van der Waals surface area contributed by atoms with Gasteiger partial charge in [0.15, 0.2) is 4.34 Å². The lowest BCUT2D eigenvalue weighted by Gasteiger charge is -2.22. The first-order valence-corrected chi connectivity index (χ1v) is 10.5. The minimum Gasteiger partial charge on any atom is -0.357 e. The van der Waals surface area contributed by atoms with Gasteiger partial charge in [-0.05, 0) is 31.7 Å². The van der Waals surface area contributed by atoms with Crippen LogP contribution < -0.4 is 5.32 Å². The van der Waals surface area contributed by atoms with E-state index in [1.165, 1.54) is 47.1 Å². The smallest absolute Gasteiger partial charge is 0.233 e. The van der Waals surface area contributed by atoms with E-state index in [0.717, 1.165) is 22.4 Å². The lowest BCUT2D eigenvalue weighted by Crippen LogP contribution is -2.32. The normalized spacial score (nSPS) is 13.7. The van der Waals surface area contributed by atoms with E-state index in [9.17, 15) is 4.79 Å². The second-order valence-electron chi connectivity index (χ2n) is 6.38. The van der Waals surface area contributed by atoms with E-state index < -0.39 is 0 Å². The second kappa shape index (κ2) is 8.67. The van der Waals surface area contributed by atoms with Crippen molar-refractivity contribution >= 4 is 34.1 Å². The van der Waals surface area contributed by atoms with Crippen molar-refractivity contribution in [1.29, 1.82) is 0 Å². The van der Waals surface area contributed by atoms with E-state index >= 15 is 0 Å². The van der Waals surface area contributed by atoms with Gasteiger partial charge < -0.3 is 10.2 Å². The van der Waals surface area contributed by atoms with E-state index in [2.05, 4.69) is 53.6 Å². The molecule has 1 aliphatic rings. The van der Waals surface area contributed by atoms with Crippen LogP contribution in [0.25, 0.3) is 0 Å². The van der Waals surface area contributed by atoms with E-state index in [1.807, 2.05) is 4.90 Å². The lowest BCUT2D eigenvalue weighted by atomic mass is 10.1. The van der Waals surface area contributed by atoms with Gasteiger partial charge in [-0.1, -0.05) is 59.9 Å². The summed E-state index contributed by atoms with van der Waals surface area (Å²) in [7, 11) is 0. The van der Waals surface area contributed by atoms with E-state index in [4.69, 9.17) is 0 Å². The SMILES string of the molecule is CCCN(Cc1ccc(C)cc1)C(=O)CSc1nnc(NC2CC2)s1. The van der Waals surface area contributed by atoms with Gasteiger partial charge >= 0.3 is 0 Å². The first-order chi connectivity index (χ1) is 12.1. The molecule has 1 fully saturated rings. The van der Waals surface area contributed by atoms with Crippen molar-refractivity contribution in [2.24, 2.45) is 0 Å². The molecule has 1 aromatic heterocycles. The number of hydrogen-bond donors (Lipinski definition) is 1. The minimum absolute atomic E-state index is 0.152. The summed E-state index contributed by atoms with van der Waals surface area (Å²) < 4.78 is 0.850. The number of rotatable bonds is 9. The van der Waals surface area contributed by atoms with Crippen LogP contribution in [-0.4, -0.2) is 39.3 Å². The maximum atomic E-state index is 12.6. The molecule has 2 aromatic rings. The fourth-order valence-electron chi connectivity index (χ4n) is 2.42. The van der Waals surface area contributed by atoms with Crippen LogP contribution in [0.2, 0.25) is 0 Å². The van der Waals surface area contributed by atoms with E-state index in [1.54, 1.807) is 0 Å². The third-order valence-corrected chi connectivity index (χ3v) is 5.94.